The molecule has 1 heterocycles. The third-order valence-electron chi connectivity index (χ3n) is 4.44. The molecular formula is C20H18FNO5. The van der Waals surface area contributed by atoms with Crippen LogP contribution in [0, 0.1) is 5.82 Å². The van der Waals surface area contributed by atoms with E-state index >= 15 is 0 Å². The first kappa shape index (κ1) is 18.6. The van der Waals surface area contributed by atoms with Crippen LogP contribution in [0.15, 0.2) is 54.1 Å². The van der Waals surface area contributed by atoms with Gasteiger partial charge in [0.2, 0.25) is 0 Å². The van der Waals surface area contributed by atoms with E-state index in [9.17, 15) is 24.2 Å². The molecule has 2 aromatic rings. The van der Waals surface area contributed by atoms with E-state index in [-0.39, 0.29) is 17.7 Å². The van der Waals surface area contributed by atoms with E-state index in [2.05, 4.69) is 0 Å². The Morgan fingerprint density at radius 1 is 1.15 bits per heavy atom. The summed E-state index contributed by atoms with van der Waals surface area (Å²) >= 11 is 0. The zero-order valence-corrected chi connectivity index (χ0v) is 14.6. The van der Waals surface area contributed by atoms with Gasteiger partial charge in [-0.2, -0.15) is 0 Å². The van der Waals surface area contributed by atoms with Crippen molar-refractivity contribution in [2.24, 2.45) is 0 Å². The number of β-amino-alcohol motifs (C(OH)–C–C–N with tert-alkyl or cyclic N) is 1. The molecule has 3 rings (SSSR count). The zero-order valence-electron chi connectivity index (χ0n) is 14.6. The van der Waals surface area contributed by atoms with Gasteiger partial charge in [-0.15, -0.1) is 0 Å². The summed E-state index contributed by atoms with van der Waals surface area (Å²) in [7, 11) is 1.49. The van der Waals surface area contributed by atoms with Gasteiger partial charge >= 0.3 is 0 Å². The summed E-state index contributed by atoms with van der Waals surface area (Å²) in [5.74, 6) is -2.30. The second-order valence-corrected chi connectivity index (χ2v) is 5.97. The number of Topliss-reactive ketones (excluding diaryl/α,β-unsaturated/α-hetero) is 1. The highest BCUT2D eigenvalue weighted by Gasteiger charge is 2.46. The minimum atomic E-state index is -1.12. The number of ketones is 1. The van der Waals surface area contributed by atoms with Crippen molar-refractivity contribution < 1.29 is 28.9 Å². The Labute approximate surface area is 155 Å². The Balaban J connectivity index is 2.18. The van der Waals surface area contributed by atoms with Crippen molar-refractivity contribution in [2.75, 3.05) is 20.3 Å². The van der Waals surface area contributed by atoms with Crippen LogP contribution in [-0.4, -0.2) is 47.1 Å². The van der Waals surface area contributed by atoms with E-state index in [1.807, 2.05) is 0 Å². The highest BCUT2D eigenvalue weighted by atomic mass is 19.1. The molecule has 1 aliphatic heterocycles. The number of methoxy groups -OCH3 is 1. The second-order valence-electron chi connectivity index (χ2n) is 5.97. The van der Waals surface area contributed by atoms with Crippen LogP contribution in [0.3, 0.4) is 0 Å². The molecule has 0 bridgehead atoms. The van der Waals surface area contributed by atoms with Crippen LogP contribution in [0.1, 0.15) is 17.2 Å². The average molecular weight is 371 g/mol. The molecule has 140 valence electrons. The predicted octanol–water partition coefficient (Wildman–Crippen LogP) is 2.25. The van der Waals surface area contributed by atoms with Crippen LogP contribution in [0.2, 0.25) is 0 Å². The maximum absolute atomic E-state index is 14.4. The quantitative estimate of drug-likeness (QED) is 0.478. The molecule has 0 radical (unpaired) electrons. The smallest absolute Gasteiger partial charge is 0.295 e. The molecule has 1 unspecified atom stereocenters. The Morgan fingerprint density at radius 2 is 1.81 bits per heavy atom. The Kier molecular flexibility index (Phi) is 5.23. The Morgan fingerprint density at radius 3 is 2.41 bits per heavy atom. The van der Waals surface area contributed by atoms with Crippen molar-refractivity contribution in [1.29, 1.82) is 0 Å². The molecule has 1 fully saturated rings. The first-order valence-electron chi connectivity index (χ1n) is 8.27. The van der Waals surface area contributed by atoms with Gasteiger partial charge in [0.05, 0.1) is 25.3 Å². The number of hydrogen-bond donors (Lipinski definition) is 2. The molecule has 1 amide bonds. The van der Waals surface area contributed by atoms with Crippen molar-refractivity contribution in [3.05, 3.63) is 71.0 Å². The SMILES string of the molecule is COc1ccc(/C(O)=C2/C(=O)C(=O)N(CCO)C2c2ccccc2F)cc1. The first-order valence-corrected chi connectivity index (χ1v) is 8.27. The van der Waals surface area contributed by atoms with Crippen molar-refractivity contribution in [1.82, 2.24) is 4.90 Å². The lowest BCUT2D eigenvalue weighted by atomic mass is 9.95. The maximum atomic E-state index is 14.4. The molecule has 1 aliphatic rings. The summed E-state index contributed by atoms with van der Waals surface area (Å²) in [6, 6.07) is 10.8. The second kappa shape index (κ2) is 7.59. The van der Waals surface area contributed by atoms with Gasteiger partial charge in [0, 0.05) is 17.7 Å². The van der Waals surface area contributed by atoms with Crippen LogP contribution in [0.5, 0.6) is 5.75 Å². The number of nitrogens with zero attached hydrogens (tertiary/aromatic N) is 1. The zero-order chi connectivity index (χ0) is 19.6. The van der Waals surface area contributed by atoms with Gasteiger partial charge in [-0.1, -0.05) is 18.2 Å². The third-order valence-corrected chi connectivity index (χ3v) is 4.44. The average Bonchev–Trinajstić information content (AvgIpc) is 2.93. The van der Waals surface area contributed by atoms with Gasteiger partial charge in [-0.05, 0) is 30.3 Å². The molecule has 6 nitrogen and oxygen atoms in total. The molecule has 0 spiro atoms. The largest absolute Gasteiger partial charge is 0.507 e. The van der Waals surface area contributed by atoms with Crippen LogP contribution in [0.25, 0.3) is 5.76 Å². The molecule has 27 heavy (non-hydrogen) atoms. The van der Waals surface area contributed by atoms with Crippen LogP contribution >= 0.6 is 0 Å². The van der Waals surface area contributed by atoms with E-state index in [4.69, 9.17) is 4.74 Å². The summed E-state index contributed by atoms with van der Waals surface area (Å²) < 4.78 is 19.5. The molecular weight excluding hydrogens is 353 g/mol. The number of likely N-dealkylation sites (tertiary alicyclic amines) is 1. The van der Waals surface area contributed by atoms with E-state index in [1.54, 1.807) is 18.2 Å². The Hall–Kier alpha value is -3.19. The summed E-state index contributed by atoms with van der Waals surface area (Å²) in [6.45, 7) is -0.566. The van der Waals surface area contributed by atoms with Crippen LogP contribution in [0.4, 0.5) is 4.39 Å². The van der Waals surface area contributed by atoms with Gasteiger partial charge in [0.15, 0.2) is 0 Å². The summed E-state index contributed by atoms with van der Waals surface area (Å²) in [5.41, 5.74) is 0.142. The van der Waals surface area contributed by atoms with Gasteiger partial charge in [-0.3, -0.25) is 9.59 Å². The fourth-order valence-electron chi connectivity index (χ4n) is 3.14. The highest BCUT2D eigenvalue weighted by Crippen LogP contribution is 2.40. The number of hydrogen-bond acceptors (Lipinski definition) is 5. The van der Waals surface area contributed by atoms with E-state index in [0.717, 1.165) is 4.90 Å². The molecule has 1 saturated heterocycles. The van der Waals surface area contributed by atoms with Gasteiger partial charge in [0.25, 0.3) is 11.7 Å². The van der Waals surface area contributed by atoms with Crippen molar-refractivity contribution in [3.8, 4) is 5.75 Å². The number of amides is 1. The summed E-state index contributed by atoms with van der Waals surface area (Å²) in [4.78, 5) is 26.1. The van der Waals surface area contributed by atoms with Crippen molar-refractivity contribution in [3.63, 3.8) is 0 Å². The normalized spacial score (nSPS) is 18.8. The lowest BCUT2D eigenvalue weighted by molar-refractivity contribution is -0.140. The van der Waals surface area contributed by atoms with Gasteiger partial charge in [-0.25, -0.2) is 4.39 Å². The number of benzene rings is 2. The third kappa shape index (κ3) is 3.29. The molecule has 1 atom stereocenters. The van der Waals surface area contributed by atoms with E-state index in [0.29, 0.717) is 11.3 Å². The number of ether oxygens (including phenoxy) is 1. The molecule has 2 aromatic carbocycles. The molecule has 0 aliphatic carbocycles. The number of rotatable bonds is 5. The summed E-state index contributed by atoms with van der Waals surface area (Å²) in [5, 5.41) is 20.0. The van der Waals surface area contributed by atoms with Gasteiger partial charge < -0.3 is 19.8 Å². The number of carbonyl (C=O) groups excluding carboxylic acids is 2. The minimum absolute atomic E-state index is 0.0696. The number of halogens is 1. The van der Waals surface area contributed by atoms with Crippen molar-refractivity contribution in [2.45, 2.75) is 6.04 Å². The number of aliphatic hydroxyl groups excluding tert-OH is 2. The monoisotopic (exact) mass is 371 g/mol. The standard InChI is InChI=1S/C20H18FNO5/c1-27-13-8-6-12(7-9-13)18(24)16-17(14-4-2-3-5-15(14)21)22(10-11-23)20(26)19(16)25/h2-9,17,23-24H,10-11H2,1H3/b18-16-. The van der Waals surface area contributed by atoms with Gasteiger partial charge in [0.1, 0.15) is 17.3 Å². The number of carbonyl (C=O) groups is 2. The molecule has 0 aromatic heterocycles. The number of aliphatic hydroxyl groups is 2. The molecule has 0 saturated carbocycles. The maximum Gasteiger partial charge on any atom is 0.295 e. The fourth-order valence-corrected chi connectivity index (χ4v) is 3.14. The fraction of sp³-hybridized carbons (Fsp3) is 0.200. The lowest BCUT2D eigenvalue weighted by Gasteiger charge is -2.24. The van der Waals surface area contributed by atoms with E-state index in [1.165, 1.54) is 37.4 Å². The Bertz CT molecular complexity index is 907. The van der Waals surface area contributed by atoms with Crippen LogP contribution in [-0.2, 0) is 9.59 Å². The van der Waals surface area contributed by atoms with E-state index < -0.39 is 35.9 Å². The molecule has 7 heteroatoms. The predicted molar refractivity (Wildman–Crippen MR) is 95.5 cm³/mol. The van der Waals surface area contributed by atoms with Crippen LogP contribution < -0.4 is 4.74 Å². The lowest BCUT2D eigenvalue weighted by Crippen LogP contribution is -2.32. The topological polar surface area (TPSA) is 87.1 Å². The minimum Gasteiger partial charge on any atom is -0.507 e. The van der Waals surface area contributed by atoms with Crippen molar-refractivity contribution >= 4 is 17.4 Å². The summed E-state index contributed by atoms with van der Waals surface area (Å²) in [6.07, 6.45) is 0. The molecule has 2 N–H and O–H groups in total. The first-order chi connectivity index (χ1) is 13.0. The highest BCUT2D eigenvalue weighted by molar-refractivity contribution is 6.46.